The van der Waals surface area contributed by atoms with Gasteiger partial charge in [-0.25, -0.2) is 0 Å². The zero-order chi connectivity index (χ0) is 13.0. The summed E-state index contributed by atoms with van der Waals surface area (Å²) in [6.45, 7) is 0. The molecule has 0 aliphatic rings. The fraction of sp³-hybridized carbons (Fsp3) is 0.0667. The Labute approximate surface area is 106 Å². The van der Waals surface area contributed by atoms with E-state index in [1.165, 1.54) is 0 Å². The van der Waals surface area contributed by atoms with Gasteiger partial charge in [0.2, 0.25) is 0 Å². The molecule has 0 bridgehead atoms. The van der Waals surface area contributed by atoms with Gasteiger partial charge in [-0.1, -0.05) is 36.4 Å². The summed E-state index contributed by atoms with van der Waals surface area (Å²) in [7, 11) is 1.59. The second kappa shape index (κ2) is 5.15. The third kappa shape index (κ3) is 2.09. The first kappa shape index (κ1) is 11.9. The van der Waals surface area contributed by atoms with Crippen molar-refractivity contribution >= 4 is 5.91 Å². The van der Waals surface area contributed by atoms with Crippen LogP contribution in [0.25, 0.3) is 11.1 Å². The lowest BCUT2D eigenvalue weighted by Crippen LogP contribution is -2.18. The van der Waals surface area contributed by atoms with Gasteiger partial charge in [-0.15, -0.1) is 0 Å². The molecule has 0 spiro atoms. The number of hydrogen-bond acceptors (Lipinski definition) is 2. The molecule has 1 N–H and O–H groups in total. The lowest BCUT2D eigenvalue weighted by atomic mass is 9.95. The van der Waals surface area contributed by atoms with Gasteiger partial charge in [0.1, 0.15) is 0 Å². The maximum atomic E-state index is 11.8. The number of nitrogens with one attached hydrogen (secondary N) is 1. The van der Waals surface area contributed by atoms with Crippen molar-refractivity contribution in [3.63, 3.8) is 0 Å². The van der Waals surface area contributed by atoms with Crippen LogP contribution in [0, 0.1) is 11.3 Å². The molecule has 0 aliphatic carbocycles. The molecule has 0 unspecified atom stereocenters. The quantitative estimate of drug-likeness (QED) is 0.871. The topological polar surface area (TPSA) is 52.9 Å². The van der Waals surface area contributed by atoms with Gasteiger partial charge < -0.3 is 5.32 Å². The summed E-state index contributed by atoms with van der Waals surface area (Å²) < 4.78 is 0. The predicted octanol–water partition coefficient (Wildman–Crippen LogP) is 2.58. The van der Waals surface area contributed by atoms with E-state index < -0.39 is 0 Å². The molecule has 0 atom stereocenters. The summed E-state index contributed by atoms with van der Waals surface area (Å²) in [5, 5.41) is 11.7. The molecule has 0 fully saturated rings. The summed E-state index contributed by atoms with van der Waals surface area (Å²) in [5.74, 6) is -0.154. The number of hydrogen-bond donors (Lipinski definition) is 1. The van der Waals surface area contributed by atoms with Crippen molar-refractivity contribution in [3.05, 3.63) is 59.7 Å². The summed E-state index contributed by atoms with van der Waals surface area (Å²) in [4.78, 5) is 11.8. The van der Waals surface area contributed by atoms with E-state index in [9.17, 15) is 4.79 Å². The summed E-state index contributed by atoms with van der Waals surface area (Å²) in [5.41, 5.74) is 2.68. The van der Waals surface area contributed by atoms with Gasteiger partial charge in [0.25, 0.3) is 5.91 Å². The van der Waals surface area contributed by atoms with Gasteiger partial charge in [0, 0.05) is 18.2 Å². The lowest BCUT2D eigenvalue weighted by molar-refractivity contribution is 0.0963. The van der Waals surface area contributed by atoms with Gasteiger partial charge in [0.15, 0.2) is 0 Å². The molecule has 88 valence electrons. The Morgan fingerprint density at radius 1 is 1.06 bits per heavy atom. The zero-order valence-corrected chi connectivity index (χ0v) is 9.97. The first-order valence-electron chi connectivity index (χ1n) is 5.58. The third-order valence-corrected chi connectivity index (χ3v) is 2.74. The Bertz CT molecular complexity index is 626. The second-order valence-corrected chi connectivity index (χ2v) is 3.78. The van der Waals surface area contributed by atoms with E-state index in [-0.39, 0.29) is 5.91 Å². The van der Waals surface area contributed by atoms with E-state index in [2.05, 4.69) is 11.4 Å². The van der Waals surface area contributed by atoms with E-state index >= 15 is 0 Å². The van der Waals surface area contributed by atoms with Crippen molar-refractivity contribution in [2.75, 3.05) is 7.05 Å². The molecular formula is C15H12N2O. The van der Waals surface area contributed by atoms with Crippen LogP contribution < -0.4 is 5.32 Å². The molecule has 0 radical (unpaired) electrons. The molecule has 1 amide bonds. The van der Waals surface area contributed by atoms with E-state index in [0.29, 0.717) is 11.1 Å². The van der Waals surface area contributed by atoms with Crippen molar-refractivity contribution in [1.29, 1.82) is 5.26 Å². The summed E-state index contributed by atoms with van der Waals surface area (Å²) in [6.07, 6.45) is 0. The Morgan fingerprint density at radius 2 is 1.67 bits per heavy atom. The minimum atomic E-state index is -0.154. The normalized spacial score (nSPS) is 9.56. The molecular weight excluding hydrogens is 224 g/mol. The number of carbonyl (C=O) groups is 1. The maximum Gasteiger partial charge on any atom is 0.251 e. The lowest BCUT2D eigenvalue weighted by Gasteiger charge is -2.09. The predicted molar refractivity (Wildman–Crippen MR) is 70.0 cm³/mol. The Hall–Kier alpha value is -2.60. The van der Waals surface area contributed by atoms with Crippen LogP contribution in [-0.2, 0) is 0 Å². The highest BCUT2D eigenvalue weighted by Gasteiger charge is 2.12. The molecule has 3 heteroatoms. The van der Waals surface area contributed by atoms with Crippen molar-refractivity contribution < 1.29 is 4.79 Å². The van der Waals surface area contributed by atoms with Crippen LogP contribution in [0.15, 0.2) is 48.5 Å². The van der Waals surface area contributed by atoms with E-state index in [1.807, 2.05) is 36.4 Å². The minimum absolute atomic E-state index is 0.154. The maximum absolute atomic E-state index is 11.8. The molecule has 0 aliphatic heterocycles. The van der Waals surface area contributed by atoms with Gasteiger partial charge in [-0.3, -0.25) is 4.79 Å². The fourth-order valence-corrected chi connectivity index (χ4v) is 1.87. The van der Waals surface area contributed by atoms with Crippen molar-refractivity contribution in [2.45, 2.75) is 0 Å². The second-order valence-electron chi connectivity index (χ2n) is 3.78. The number of amides is 1. The monoisotopic (exact) mass is 236 g/mol. The summed E-state index contributed by atoms with van der Waals surface area (Å²) >= 11 is 0. The zero-order valence-electron chi connectivity index (χ0n) is 9.97. The average molecular weight is 236 g/mol. The van der Waals surface area contributed by atoms with Gasteiger partial charge in [-0.05, 0) is 17.7 Å². The van der Waals surface area contributed by atoms with Gasteiger partial charge in [-0.2, -0.15) is 5.26 Å². The molecule has 2 aromatic carbocycles. The number of carbonyl (C=O) groups excluding carboxylic acids is 1. The van der Waals surface area contributed by atoms with Gasteiger partial charge >= 0.3 is 0 Å². The molecule has 18 heavy (non-hydrogen) atoms. The van der Waals surface area contributed by atoms with Crippen LogP contribution in [0.2, 0.25) is 0 Å². The van der Waals surface area contributed by atoms with Crippen LogP contribution in [-0.4, -0.2) is 13.0 Å². The Morgan fingerprint density at radius 3 is 2.33 bits per heavy atom. The highest BCUT2D eigenvalue weighted by Crippen LogP contribution is 2.26. The van der Waals surface area contributed by atoms with Crippen molar-refractivity contribution in [2.24, 2.45) is 0 Å². The largest absolute Gasteiger partial charge is 0.355 e. The highest BCUT2D eigenvalue weighted by atomic mass is 16.1. The molecule has 0 saturated heterocycles. The number of benzene rings is 2. The Balaban J connectivity index is 2.65. The smallest absolute Gasteiger partial charge is 0.251 e. The van der Waals surface area contributed by atoms with E-state index in [1.54, 1.807) is 19.2 Å². The fourth-order valence-electron chi connectivity index (χ4n) is 1.87. The third-order valence-electron chi connectivity index (χ3n) is 2.74. The van der Waals surface area contributed by atoms with Crippen molar-refractivity contribution in [1.82, 2.24) is 5.32 Å². The van der Waals surface area contributed by atoms with Crippen LogP contribution in [0.4, 0.5) is 0 Å². The van der Waals surface area contributed by atoms with E-state index in [4.69, 9.17) is 5.26 Å². The SMILES string of the molecule is CNC(=O)c1ccccc1-c1ccccc1C#N. The van der Waals surface area contributed by atoms with Crippen LogP contribution in [0.1, 0.15) is 15.9 Å². The average Bonchev–Trinajstić information content (AvgIpc) is 2.46. The van der Waals surface area contributed by atoms with Crippen molar-refractivity contribution in [3.8, 4) is 17.2 Å². The van der Waals surface area contributed by atoms with Gasteiger partial charge in [0.05, 0.1) is 11.6 Å². The molecule has 0 heterocycles. The molecule has 2 aromatic rings. The highest BCUT2D eigenvalue weighted by molar-refractivity contribution is 6.01. The Kier molecular flexibility index (Phi) is 3.40. The first-order valence-corrected chi connectivity index (χ1v) is 5.58. The molecule has 2 rings (SSSR count). The van der Waals surface area contributed by atoms with Crippen LogP contribution >= 0.6 is 0 Å². The standard InChI is InChI=1S/C15H12N2O/c1-17-15(18)14-9-5-4-8-13(14)12-7-3-2-6-11(12)10-16/h2-9H,1H3,(H,17,18). The number of rotatable bonds is 2. The first-order chi connectivity index (χ1) is 8.77. The molecule has 3 nitrogen and oxygen atoms in total. The van der Waals surface area contributed by atoms with Crippen LogP contribution in [0.3, 0.4) is 0 Å². The number of nitrogens with zero attached hydrogens (tertiary/aromatic N) is 1. The van der Waals surface area contributed by atoms with E-state index in [0.717, 1.165) is 11.1 Å². The molecule has 0 aromatic heterocycles. The molecule has 0 saturated carbocycles. The summed E-state index contributed by atoms with van der Waals surface area (Å²) in [6, 6.07) is 16.7. The number of nitriles is 1. The van der Waals surface area contributed by atoms with Crippen LogP contribution in [0.5, 0.6) is 0 Å². The minimum Gasteiger partial charge on any atom is -0.355 e.